The van der Waals surface area contributed by atoms with Crippen molar-refractivity contribution in [1.29, 1.82) is 0 Å². The number of nitrogens with one attached hydrogen (secondary N) is 2. The van der Waals surface area contributed by atoms with Crippen molar-refractivity contribution in [2.75, 3.05) is 0 Å². The number of hydrogen-bond donors (Lipinski definition) is 2. The van der Waals surface area contributed by atoms with Crippen LogP contribution in [0.5, 0.6) is 0 Å². The van der Waals surface area contributed by atoms with Gasteiger partial charge in [0.05, 0.1) is 22.8 Å². The first-order valence-corrected chi connectivity index (χ1v) is 16.0. The van der Waals surface area contributed by atoms with Gasteiger partial charge >= 0.3 is 11.9 Å². The molecule has 0 amide bonds. The second-order valence-electron chi connectivity index (χ2n) is 14.4. The molecule has 3 aromatic heterocycles. The summed E-state index contributed by atoms with van der Waals surface area (Å²) in [6, 6.07) is 12.5. The normalized spacial score (nSPS) is 13.8. The summed E-state index contributed by atoms with van der Waals surface area (Å²) in [5, 5.41) is 0. The highest BCUT2D eigenvalue weighted by atomic mass is 16.6. The number of carbonyl (C=O) groups excluding carboxylic acids is 2. The zero-order chi connectivity index (χ0) is 33.6. The van der Waals surface area contributed by atoms with E-state index in [1.54, 1.807) is 0 Å². The maximum absolute atomic E-state index is 12.8. The van der Waals surface area contributed by atoms with Crippen LogP contribution in [0.4, 0.5) is 0 Å². The summed E-state index contributed by atoms with van der Waals surface area (Å²) in [5.41, 5.74) is 12.2. The second-order valence-corrected chi connectivity index (χ2v) is 14.4. The number of H-pyrrole nitrogens is 2. The zero-order valence-electron chi connectivity index (χ0n) is 28.8. The topological polar surface area (TPSA) is 110 Å². The van der Waals surface area contributed by atoms with Gasteiger partial charge in [-0.05, 0) is 152 Å². The number of aromatic amines is 2. The summed E-state index contributed by atoms with van der Waals surface area (Å²) in [4.78, 5) is 42.8. The Morgan fingerprint density at radius 2 is 1.00 bits per heavy atom. The van der Waals surface area contributed by atoms with Crippen molar-refractivity contribution in [2.45, 2.75) is 106 Å². The van der Waals surface area contributed by atoms with Crippen molar-refractivity contribution >= 4 is 56.3 Å². The number of ether oxygens (including phenoxy) is 2. The molecule has 0 aliphatic carbocycles. The van der Waals surface area contributed by atoms with Crippen LogP contribution in [0.25, 0.3) is 44.4 Å². The number of allylic oxidation sites excluding steroid dienone is 4. The summed E-state index contributed by atoms with van der Waals surface area (Å²) in [6.45, 7) is 19.5. The smallest absolute Gasteiger partial charge is 0.306 e. The first-order valence-electron chi connectivity index (χ1n) is 16.0. The van der Waals surface area contributed by atoms with E-state index in [9.17, 15) is 9.59 Å². The molecule has 5 rings (SSSR count). The van der Waals surface area contributed by atoms with Crippen molar-refractivity contribution < 1.29 is 19.1 Å². The van der Waals surface area contributed by atoms with E-state index >= 15 is 0 Å². The molecule has 242 valence electrons. The van der Waals surface area contributed by atoms with Gasteiger partial charge in [-0.15, -0.1) is 0 Å². The first kappa shape index (κ1) is 32.9. The molecular formula is C38H46N4O4. The van der Waals surface area contributed by atoms with Crippen molar-refractivity contribution in [3.8, 4) is 0 Å². The second kappa shape index (κ2) is 12.4. The lowest BCUT2D eigenvalue weighted by atomic mass is 9.98. The largest absolute Gasteiger partial charge is 0.460 e. The Balaban J connectivity index is 1.70. The molecule has 5 heterocycles. The molecule has 8 bridgehead atoms. The van der Waals surface area contributed by atoms with Gasteiger partial charge < -0.3 is 19.4 Å². The molecule has 0 aromatic carbocycles. The van der Waals surface area contributed by atoms with Gasteiger partial charge in [0, 0.05) is 34.9 Å². The van der Waals surface area contributed by atoms with Crippen LogP contribution in [-0.2, 0) is 19.1 Å². The fourth-order valence-electron chi connectivity index (χ4n) is 5.87. The molecule has 0 unspecified atom stereocenters. The summed E-state index contributed by atoms with van der Waals surface area (Å²) in [7, 11) is 0. The maximum atomic E-state index is 12.8. The molecular weight excluding hydrogens is 576 g/mol. The number of hydrogen-bond acceptors (Lipinski definition) is 6. The molecule has 2 aliphatic rings. The molecule has 0 fully saturated rings. The Labute approximate surface area is 271 Å². The molecule has 0 radical (unpaired) electrons. The molecule has 0 atom stereocenters. The molecule has 8 heteroatoms. The van der Waals surface area contributed by atoms with E-state index < -0.39 is 11.2 Å². The van der Waals surface area contributed by atoms with Crippen molar-refractivity contribution in [1.82, 2.24) is 19.9 Å². The van der Waals surface area contributed by atoms with Gasteiger partial charge in [0.1, 0.15) is 11.2 Å². The van der Waals surface area contributed by atoms with Gasteiger partial charge in [-0.3, -0.25) is 9.59 Å². The van der Waals surface area contributed by atoms with E-state index in [0.717, 1.165) is 78.3 Å². The van der Waals surface area contributed by atoms with E-state index in [2.05, 4.69) is 61.1 Å². The van der Waals surface area contributed by atoms with Gasteiger partial charge in [-0.25, -0.2) is 9.97 Å². The lowest BCUT2D eigenvalue weighted by Gasteiger charge is -2.19. The van der Waals surface area contributed by atoms with E-state index in [1.165, 1.54) is 0 Å². The summed E-state index contributed by atoms with van der Waals surface area (Å²) in [5.74, 6) is -0.498. The Morgan fingerprint density at radius 1 is 0.587 bits per heavy atom. The Kier molecular flexibility index (Phi) is 8.86. The van der Waals surface area contributed by atoms with Crippen LogP contribution in [0.15, 0.2) is 36.4 Å². The Bertz CT molecular complexity index is 1940. The monoisotopic (exact) mass is 622 g/mol. The Morgan fingerprint density at radius 3 is 1.46 bits per heavy atom. The SMILES string of the molecule is CC1=C(CCC(=O)OC(C)(C)C)c2cc3nc(cc4[nH]c(cc4C)cc4[nH]c(cc1n2)cc4C)C(C)=C3CCC(=O)OC(C)(C)C. The molecule has 0 spiro atoms. The van der Waals surface area contributed by atoms with Gasteiger partial charge in [0.15, 0.2) is 0 Å². The fourth-order valence-corrected chi connectivity index (χ4v) is 5.87. The van der Waals surface area contributed by atoms with Crippen LogP contribution >= 0.6 is 0 Å². The van der Waals surface area contributed by atoms with Gasteiger partial charge in [-0.2, -0.15) is 0 Å². The van der Waals surface area contributed by atoms with Crippen LogP contribution in [0.2, 0.25) is 0 Å². The quantitative estimate of drug-likeness (QED) is 0.266. The number of esters is 2. The molecule has 0 saturated heterocycles. The average molecular weight is 623 g/mol. The minimum atomic E-state index is -0.557. The van der Waals surface area contributed by atoms with Gasteiger partial charge in [0.25, 0.3) is 0 Å². The molecule has 46 heavy (non-hydrogen) atoms. The van der Waals surface area contributed by atoms with Crippen LogP contribution in [-0.4, -0.2) is 43.1 Å². The van der Waals surface area contributed by atoms with Crippen molar-refractivity contribution in [3.05, 3.63) is 70.3 Å². The fraction of sp³-hybridized carbons (Fsp3) is 0.421. The van der Waals surface area contributed by atoms with Crippen LogP contribution in [0.3, 0.4) is 0 Å². The molecule has 3 aromatic rings. The van der Waals surface area contributed by atoms with E-state index in [1.807, 2.05) is 54.5 Å². The van der Waals surface area contributed by atoms with Crippen molar-refractivity contribution in [2.24, 2.45) is 0 Å². The van der Waals surface area contributed by atoms with E-state index in [4.69, 9.17) is 19.4 Å². The average Bonchev–Trinajstić information content (AvgIpc) is 3.61. The minimum absolute atomic E-state index is 0.233. The number of carbonyl (C=O) groups is 2. The lowest BCUT2D eigenvalue weighted by molar-refractivity contribution is -0.155. The lowest BCUT2D eigenvalue weighted by Crippen LogP contribution is -2.23. The third kappa shape index (κ3) is 7.66. The van der Waals surface area contributed by atoms with Crippen LogP contribution < -0.4 is 0 Å². The van der Waals surface area contributed by atoms with Crippen LogP contribution in [0.1, 0.15) is 115 Å². The predicted octanol–water partition coefficient (Wildman–Crippen LogP) is 9.04. The van der Waals surface area contributed by atoms with Gasteiger partial charge in [-0.1, -0.05) is 0 Å². The summed E-state index contributed by atoms with van der Waals surface area (Å²) < 4.78 is 11.2. The van der Waals surface area contributed by atoms with Gasteiger partial charge in [0.2, 0.25) is 0 Å². The zero-order valence-corrected chi connectivity index (χ0v) is 28.8. The first-order chi connectivity index (χ1) is 21.5. The standard InChI is InChI=1S/C38H46N4O4/c1-21-15-26-18-31-23(3)27(11-13-35(43)45-37(5,6)7)33(41-31)20-34-28(12-14-36(44)46-38(8,9)10)24(4)32(42-34)19-30-22(2)16-25(40-30)17-29(21)39-26/h15-20,39-40H,11-14H2,1-10H3. The Hall–Kier alpha value is -4.46. The number of fused-ring (bicyclic) bond motifs is 8. The predicted molar refractivity (Wildman–Crippen MR) is 186 cm³/mol. The number of aryl methyl sites for hydroxylation is 2. The summed E-state index contributed by atoms with van der Waals surface area (Å²) >= 11 is 0. The molecule has 8 nitrogen and oxygen atoms in total. The molecule has 2 aliphatic heterocycles. The highest BCUT2D eigenvalue weighted by Crippen LogP contribution is 2.38. The minimum Gasteiger partial charge on any atom is -0.460 e. The molecule has 2 N–H and O–H groups in total. The third-order valence-electron chi connectivity index (χ3n) is 8.07. The van der Waals surface area contributed by atoms with E-state index in [-0.39, 0.29) is 24.8 Å². The third-order valence-corrected chi connectivity index (χ3v) is 8.07. The number of aromatic nitrogens is 4. The summed E-state index contributed by atoms with van der Waals surface area (Å²) in [6.07, 6.45) is 1.42. The number of rotatable bonds is 6. The van der Waals surface area contributed by atoms with Crippen LogP contribution in [0, 0.1) is 13.8 Å². The maximum Gasteiger partial charge on any atom is 0.306 e. The molecule has 0 saturated carbocycles. The van der Waals surface area contributed by atoms with Crippen molar-refractivity contribution in [3.63, 3.8) is 0 Å². The van der Waals surface area contributed by atoms with E-state index in [0.29, 0.717) is 12.8 Å². The highest BCUT2D eigenvalue weighted by molar-refractivity contribution is 5.96. The number of nitrogens with zero attached hydrogens (tertiary/aromatic N) is 2. The highest BCUT2D eigenvalue weighted by Gasteiger charge is 2.24.